The number of alkyl carbamates (subject to hydrolysis) is 1. The van der Waals surface area contributed by atoms with Gasteiger partial charge in [-0.15, -0.1) is 11.3 Å². The highest BCUT2D eigenvalue weighted by Crippen LogP contribution is 2.23. The van der Waals surface area contributed by atoms with Gasteiger partial charge < -0.3 is 30.2 Å². The molecule has 16 heteroatoms. The Bertz CT molecular complexity index is 1510. The van der Waals surface area contributed by atoms with Crippen molar-refractivity contribution in [3.05, 3.63) is 40.0 Å². The average Bonchev–Trinajstić information content (AvgIpc) is 3.55. The molecule has 1 aromatic rings. The van der Waals surface area contributed by atoms with Crippen LogP contribution in [0.3, 0.4) is 0 Å². The maximum atomic E-state index is 13.7. The summed E-state index contributed by atoms with van der Waals surface area (Å²) in [6.07, 6.45) is 9.45. The predicted molar refractivity (Wildman–Crippen MR) is 226 cm³/mol. The molecule has 0 aromatic carbocycles. The molecule has 3 N–H and O–H groups in total. The van der Waals surface area contributed by atoms with Crippen LogP contribution in [0.25, 0.3) is 0 Å². The standard InChI is InChI=1S/C40H66N4O9S2Si/c1-12-14-15-16-17-21-33(46)54-23-19-18-20-28(25-32(45)51-22-24-56(9,10)11)52-37(49)34(39(3,4)5)44-35(47)29(13-2)43-36(48)30-27-55-31(42-30)26-41-38(50)53-40(6,7)8/h13,18,20,27-28,34H,12,14-17,19,21-26H2,1-11H3,(H,41,50)(H,43,48)(H,44,47)/t28-,34-/m1/s1. The van der Waals surface area contributed by atoms with E-state index in [1.165, 1.54) is 29.6 Å². The number of thioether (sulfide) groups is 1. The maximum absolute atomic E-state index is 13.7. The molecule has 0 aliphatic heterocycles. The van der Waals surface area contributed by atoms with E-state index in [0.29, 0.717) is 23.6 Å². The summed E-state index contributed by atoms with van der Waals surface area (Å²) in [6.45, 7) is 21.1. The molecule has 56 heavy (non-hydrogen) atoms. The van der Waals surface area contributed by atoms with Crippen LogP contribution < -0.4 is 16.0 Å². The van der Waals surface area contributed by atoms with Gasteiger partial charge in [-0.1, -0.05) is 96.9 Å². The highest BCUT2D eigenvalue weighted by atomic mass is 32.2. The summed E-state index contributed by atoms with van der Waals surface area (Å²) >= 11 is 2.42. The average molecular weight is 839 g/mol. The van der Waals surface area contributed by atoms with Crippen molar-refractivity contribution in [1.29, 1.82) is 0 Å². The zero-order valence-corrected chi connectivity index (χ0v) is 38.0. The number of unbranched alkanes of at least 4 members (excludes halogenated alkanes) is 4. The van der Waals surface area contributed by atoms with Crippen molar-refractivity contribution in [2.45, 2.75) is 157 Å². The second kappa shape index (κ2) is 25.0. The van der Waals surface area contributed by atoms with Crippen LogP contribution in [0.4, 0.5) is 4.79 Å². The molecule has 0 saturated carbocycles. The van der Waals surface area contributed by atoms with Gasteiger partial charge in [0.2, 0.25) is 0 Å². The van der Waals surface area contributed by atoms with E-state index in [1.54, 1.807) is 60.6 Å². The van der Waals surface area contributed by atoms with Crippen LogP contribution >= 0.6 is 23.1 Å². The van der Waals surface area contributed by atoms with Gasteiger partial charge >= 0.3 is 18.0 Å². The van der Waals surface area contributed by atoms with Crippen LogP contribution in [0.15, 0.2) is 29.3 Å². The Hall–Kier alpha value is -3.50. The number of rotatable bonds is 23. The van der Waals surface area contributed by atoms with Gasteiger partial charge in [-0.25, -0.2) is 14.6 Å². The number of hydrogen-bond acceptors (Lipinski definition) is 12. The number of nitrogens with one attached hydrogen (secondary N) is 3. The summed E-state index contributed by atoms with van der Waals surface area (Å²) in [6, 6.07) is -0.379. The Morgan fingerprint density at radius 1 is 1.00 bits per heavy atom. The summed E-state index contributed by atoms with van der Waals surface area (Å²) in [4.78, 5) is 81.7. The van der Waals surface area contributed by atoms with E-state index in [9.17, 15) is 28.8 Å². The Morgan fingerprint density at radius 2 is 1.68 bits per heavy atom. The highest BCUT2D eigenvalue weighted by molar-refractivity contribution is 8.13. The molecule has 0 radical (unpaired) electrons. The lowest BCUT2D eigenvalue weighted by Crippen LogP contribution is -2.52. The zero-order chi connectivity index (χ0) is 42.5. The van der Waals surface area contributed by atoms with Crippen LogP contribution in [0.5, 0.6) is 0 Å². The number of carbonyl (C=O) groups is 6. The number of hydrogen-bond donors (Lipinski definition) is 3. The molecular weight excluding hydrogens is 773 g/mol. The summed E-state index contributed by atoms with van der Waals surface area (Å²) in [5.74, 6) is -2.13. The lowest BCUT2D eigenvalue weighted by molar-refractivity contribution is -0.157. The molecule has 1 rings (SSSR count). The lowest BCUT2D eigenvalue weighted by Gasteiger charge is -2.31. The molecule has 316 valence electrons. The first-order valence-electron chi connectivity index (χ1n) is 19.4. The van der Waals surface area contributed by atoms with Crippen molar-refractivity contribution in [3.8, 4) is 0 Å². The third kappa shape index (κ3) is 22.9. The van der Waals surface area contributed by atoms with Crippen LogP contribution in [-0.2, 0) is 39.9 Å². The van der Waals surface area contributed by atoms with Gasteiger partial charge in [0, 0.05) is 25.6 Å². The summed E-state index contributed by atoms with van der Waals surface area (Å²) in [7, 11) is -1.45. The SMILES string of the molecule is CC=C(NC(=O)c1csc(CNC(=O)OC(C)(C)C)n1)C(=O)N[C@H](C(=O)O[C@H](C=CCCSC(=O)CCCCCCC)CC(=O)OCC[Si](C)(C)C)C(C)(C)C. The van der Waals surface area contributed by atoms with Crippen molar-refractivity contribution in [1.82, 2.24) is 20.9 Å². The van der Waals surface area contributed by atoms with Crippen molar-refractivity contribution in [2.24, 2.45) is 5.41 Å². The summed E-state index contributed by atoms with van der Waals surface area (Å²) in [5, 5.41) is 9.92. The molecule has 0 bridgehead atoms. The minimum atomic E-state index is -1.45. The van der Waals surface area contributed by atoms with Gasteiger partial charge in [-0.3, -0.25) is 19.2 Å². The molecule has 0 fully saturated rings. The molecule has 3 amide bonds. The molecule has 13 nitrogen and oxygen atoms in total. The van der Waals surface area contributed by atoms with Crippen LogP contribution in [0.2, 0.25) is 25.7 Å². The number of ether oxygens (including phenoxy) is 3. The Labute approximate surface area is 343 Å². The van der Waals surface area contributed by atoms with Gasteiger partial charge in [0.25, 0.3) is 11.8 Å². The fourth-order valence-corrected chi connectivity index (χ4v) is 6.94. The quantitative estimate of drug-likeness (QED) is 0.0242. The predicted octanol–water partition coefficient (Wildman–Crippen LogP) is 8.08. The second-order valence-corrected chi connectivity index (χ2v) is 24.4. The van der Waals surface area contributed by atoms with E-state index in [2.05, 4.69) is 47.5 Å². The topological polar surface area (TPSA) is 179 Å². The number of amides is 3. The largest absolute Gasteiger partial charge is 0.466 e. The molecule has 0 saturated heterocycles. The molecule has 0 aliphatic rings. The van der Waals surface area contributed by atoms with Gasteiger partial charge in [0.05, 0.1) is 19.6 Å². The smallest absolute Gasteiger partial charge is 0.408 e. The van der Waals surface area contributed by atoms with Crippen LogP contribution in [0.1, 0.15) is 122 Å². The lowest BCUT2D eigenvalue weighted by atomic mass is 9.86. The van der Waals surface area contributed by atoms with Gasteiger partial charge in [0.1, 0.15) is 34.1 Å². The molecular formula is C40H66N4O9S2Si. The molecule has 2 atom stereocenters. The monoisotopic (exact) mass is 838 g/mol. The fraction of sp³-hybridized carbons (Fsp3) is 0.675. The first kappa shape index (κ1) is 50.5. The first-order valence-corrected chi connectivity index (χ1v) is 25.0. The van der Waals surface area contributed by atoms with E-state index in [4.69, 9.17) is 14.2 Å². The minimum absolute atomic E-state index is 0.0338. The first-order chi connectivity index (χ1) is 26.0. The Kier molecular flexibility index (Phi) is 22.5. The van der Waals surface area contributed by atoms with Gasteiger partial charge in [0.15, 0.2) is 5.12 Å². The third-order valence-electron chi connectivity index (χ3n) is 7.86. The third-order valence-corrected chi connectivity index (χ3v) is 11.4. The number of carbonyl (C=O) groups excluding carboxylic acids is 6. The summed E-state index contributed by atoms with van der Waals surface area (Å²) < 4.78 is 16.5. The van der Waals surface area contributed by atoms with Crippen molar-refractivity contribution in [3.63, 3.8) is 0 Å². The maximum Gasteiger partial charge on any atom is 0.408 e. The molecule has 1 aromatic heterocycles. The Balaban J connectivity index is 2.98. The van der Waals surface area contributed by atoms with Crippen molar-refractivity contribution < 1.29 is 43.0 Å². The molecule has 0 spiro atoms. The molecule has 1 heterocycles. The summed E-state index contributed by atoms with van der Waals surface area (Å²) in [5.41, 5.74) is -1.58. The van der Waals surface area contributed by atoms with Gasteiger partial charge in [-0.2, -0.15) is 0 Å². The number of allylic oxidation sites excluding steroid dienone is 2. The number of esters is 2. The van der Waals surface area contributed by atoms with E-state index in [1.807, 2.05) is 0 Å². The Morgan fingerprint density at radius 3 is 2.29 bits per heavy atom. The molecule has 0 unspecified atom stereocenters. The normalized spacial score (nSPS) is 13.4. The van der Waals surface area contributed by atoms with Crippen LogP contribution in [-0.4, -0.2) is 78.1 Å². The van der Waals surface area contributed by atoms with Crippen molar-refractivity contribution in [2.75, 3.05) is 12.4 Å². The van der Waals surface area contributed by atoms with E-state index >= 15 is 0 Å². The van der Waals surface area contributed by atoms with Gasteiger partial charge in [-0.05, 0) is 58.1 Å². The molecule has 0 aliphatic carbocycles. The number of nitrogens with zero attached hydrogens (tertiary/aromatic N) is 1. The van der Waals surface area contributed by atoms with E-state index < -0.39 is 61.1 Å². The second-order valence-electron chi connectivity index (χ2n) is 16.7. The zero-order valence-electron chi connectivity index (χ0n) is 35.4. The highest BCUT2D eigenvalue weighted by Gasteiger charge is 2.36. The minimum Gasteiger partial charge on any atom is -0.466 e. The fourth-order valence-electron chi connectivity index (χ4n) is 4.74. The van der Waals surface area contributed by atoms with E-state index in [0.717, 1.165) is 43.1 Å². The number of thiazole rings is 1. The van der Waals surface area contributed by atoms with E-state index in [-0.39, 0.29) is 36.1 Å². The van der Waals surface area contributed by atoms with Crippen LogP contribution in [0, 0.1) is 5.41 Å². The van der Waals surface area contributed by atoms with Crippen molar-refractivity contribution >= 4 is 66.1 Å². The number of aromatic nitrogens is 1.